The molecule has 2 atom stereocenters. The minimum atomic E-state index is -4.68. The number of halogens is 5. The van der Waals surface area contributed by atoms with Crippen molar-refractivity contribution in [2.24, 2.45) is 0 Å². The fraction of sp³-hybridized carbons (Fsp3) is 0.455. The van der Waals surface area contributed by atoms with E-state index in [0.717, 1.165) is 18.2 Å². The lowest BCUT2D eigenvalue weighted by Gasteiger charge is -2.30. The molecule has 0 amide bonds. The highest BCUT2D eigenvalue weighted by Gasteiger charge is 2.78. The van der Waals surface area contributed by atoms with Crippen LogP contribution in [0, 0.1) is 0 Å². The Hall–Kier alpha value is -1.17. The van der Waals surface area contributed by atoms with E-state index in [1.165, 1.54) is 0 Å². The van der Waals surface area contributed by atoms with Gasteiger partial charge in [0, 0.05) is 17.5 Å². The Morgan fingerprint density at radius 1 is 1.18 bits per heavy atom. The second-order valence-corrected chi connectivity index (χ2v) is 4.45. The van der Waals surface area contributed by atoms with Crippen molar-refractivity contribution < 1.29 is 27.1 Å². The molecule has 0 fully saturated rings. The molecule has 3 rings (SSSR count). The van der Waals surface area contributed by atoms with Crippen LogP contribution < -0.4 is 0 Å². The second-order valence-electron chi connectivity index (χ2n) is 4.45. The maximum atomic E-state index is 13.6. The molecule has 0 unspecified atom stereocenters. The number of rotatable bonds is 0. The summed E-state index contributed by atoms with van der Waals surface area (Å²) in [6.07, 6.45) is -2.86. The van der Waals surface area contributed by atoms with Gasteiger partial charge in [0.05, 0.1) is 0 Å². The fourth-order valence-corrected chi connectivity index (χ4v) is 2.74. The van der Waals surface area contributed by atoms with Gasteiger partial charge in [0.2, 0.25) is 0 Å². The van der Waals surface area contributed by atoms with Crippen LogP contribution in [0.3, 0.4) is 0 Å². The number of hydrogen-bond donors (Lipinski definition) is 1. The van der Waals surface area contributed by atoms with Crippen molar-refractivity contribution in [1.82, 2.24) is 0 Å². The van der Waals surface area contributed by atoms with Crippen LogP contribution in [0.1, 0.15) is 29.3 Å². The molecule has 1 aromatic rings. The molecule has 0 aromatic heterocycles. The highest BCUT2D eigenvalue weighted by atomic mass is 19.3. The molecule has 0 aliphatic heterocycles. The quantitative estimate of drug-likeness (QED) is 0.702. The van der Waals surface area contributed by atoms with Gasteiger partial charge in [-0.1, -0.05) is 18.2 Å². The van der Waals surface area contributed by atoms with E-state index in [9.17, 15) is 27.1 Å². The summed E-state index contributed by atoms with van der Waals surface area (Å²) in [5, 5.41) is 9.77. The van der Waals surface area contributed by atoms with Crippen molar-refractivity contribution in [3.05, 3.63) is 34.9 Å². The van der Waals surface area contributed by atoms with E-state index >= 15 is 0 Å². The van der Waals surface area contributed by atoms with Gasteiger partial charge in [-0.3, -0.25) is 0 Å². The zero-order chi connectivity index (χ0) is 12.6. The minimum absolute atomic E-state index is 0.262. The Kier molecular flexibility index (Phi) is 1.70. The Balaban J connectivity index is 2.41. The molecule has 2 aliphatic rings. The molecule has 0 bridgehead atoms. The lowest BCUT2D eigenvalue weighted by atomic mass is 9.95. The predicted molar refractivity (Wildman–Crippen MR) is 47.6 cm³/mol. The van der Waals surface area contributed by atoms with E-state index < -0.39 is 41.2 Å². The lowest BCUT2D eigenvalue weighted by molar-refractivity contribution is -0.287. The molecule has 0 saturated carbocycles. The Labute approximate surface area is 92.9 Å². The number of aliphatic hydroxyl groups is 1. The molecule has 0 spiro atoms. The highest BCUT2D eigenvalue weighted by Crippen LogP contribution is 2.67. The Morgan fingerprint density at radius 3 is 2.47 bits per heavy atom. The van der Waals surface area contributed by atoms with Crippen LogP contribution in [0.15, 0.2) is 18.2 Å². The molecule has 0 radical (unpaired) electrons. The second kappa shape index (κ2) is 2.63. The molecule has 1 aromatic carbocycles. The lowest BCUT2D eigenvalue weighted by Crippen LogP contribution is -2.48. The van der Waals surface area contributed by atoms with Crippen LogP contribution in [-0.4, -0.2) is 11.0 Å². The zero-order valence-corrected chi connectivity index (χ0v) is 8.35. The maximum Gasteiger partial charge on any atom is 0.346 e. The normalized spacial score (nSPS) is 36.0. The van der Waals surface area contributed by atoms with Gasteiger partial charge >= 0.3 is 11.8 Å². The molecule has 17 heavy (non-hydrogen) atoms. The summed E-state index contributed by atoms with van der Waals surface area (Å²) < 4.78 is 67.7. The van der Waals surface area contributed by atoms with Crippen LogP contribution in [0.5, 0.6) is 0 Å². The highest BCUT2D eigenvalue weighted by molar-refractivity contribution is 5.54. The van der Waals surface area contributed by atoms with Crippen LogP contribution in [0.4, 0.5) is 22.0 Å². The third kappa shape index (κ3) is 0.909. The van der Waals surface area contributed by atoms with Gasteiger partial charge in [0.15, 0.2) is 5.60 Å². The van der Waals surface area contributed by atoms with Crippen molar-refractivity contribution in [1.29, 1.82) is 0 Å². The molecule has 92 valence electrons. The molecule has 1 N–H and O–H groups in total. The van der Waals surface area contributed by atoms with Crippen molar-refractivity contribution in [3.63, 3.8) is 0 Å². The minimum Gasteiger partial charge on any atom is -0.378 e. The maximum absolute atomic E-state index is 13.6. The van der Waals surface area contributed by atoms with Crippen molar-refractivity contribution >= 4 is 0 Å². The molecular formula is C11H7F5O. The predicted octanol–water partition coefficient (Wildman–Crippen LogP) is 3.03. The van der Waals surface area contributed by atoms with Gasteiger partial charge in [-0.15, -0.1) is 0 Å². The summed E-state index contributed by atoms with van der Waals surface area (Å²) in [7, 11) is 0. The van der Waals surface area contributed by atoms with Gasteiger partial charge in [-0.05, 0) is 5.56 Å². The van der Waals surface area contributed by atoms with Crippen LogP contribution in [-0.2, 0) is 11.5 Å². The summed E-state index contributed by atoms with van der Waals surface area (Å²) in [4.78, 5) is 0. The average molecular weight is 250 g/mol. The van der Waals surface area contributed by atoms with Gasteiger partial charge in [-0.2, -0.15) is 17.6 Å². The van der Waals surface area contributed by atoms with Crippen LogP contribution in [0.25, 0.3) is 0 Å². The third-order valence-electron chi connectivity index (χ3n) is 3.57. The van der Waals surface area contributed by atoms with Crippen molar-refractivity contribution in [2.75, 3.05) is 0 Å². The van der Waals surface area contributed by atoms with Gasteiger partial charge < -0.3 is 5.11 Å². The summed E-state index contributed by atoms with van der Waals surface area (Å²) in [6.45, 7) is 0. The van der Waals surface area contributed by atoms with E-state index in [4.69, 9.17) is 0 Å². The van der Waals surface area contributed by atoms with E-state index in [2.05, 4.69) is 0 Å². The van der Waals surface area contributed by atoms with Gasteiger partial charge in [0.25, 0.3) is 0 Å². The molecule has 1 nitrogen and oxygen atoms in total. The van der Waals surface area contributed by atoms with Gasteiger partial charge in [0.1, 0.15) is 6.17 Å². The van der Waals surface area contributed by atoms with E-state index in [1.54, 1.807) is 0 Å². The summed E-state index contributed by atoms with van der Waals surface area (Å²) >= 11 is 0. The molecule has 0 heterocycles. The standard InChI is InChI=1S/C11H7F5O/c12-7-4-9(17)8-5(7)2-1-3-6(8)10(13,14)11(9,15)16/h1-3,7,17H,4H2/t7-,9+/m0/s1. The first-order chi connectivity index (χ1) is 7.73. The molecule has 0 saturated heterocycles. The molecule has 2 aliphatic carbocycles. The zero-order valence-electron chi connectivity index (χ0n) is 8.35. The first-order valence-corrected chi connectivity index (χ1v) is 4.99. The average Bonchev–Trinajstić information content (AvgIpc) is 2.57. The van der Waals surface area contributed by atoms with Gasteiger partial charge in [-0.25, -0.2) is 4.39 Å². The molecular weight excluding hydrogens is 243 g/mol. The SMILES string of the molecule is O[C@]12C[C@H](F)c3cccc(c31)C(F)(F)C2(F)F. The first kappa shape index (κ1) is 11.0. The van der Waals surface area contributed by atoms with Crippen LogP contribution in [0.2, 0.25) is 0 Å². The van der Waals surface area contributed by atoms with Crippen LogP contribution >= 0.6 is 0 Å². The van der Waals surface area contributed by atoms with E-state index in [1.807, 2.05) is 0 Å². The number of alkyl halides is 5. The summed E-state index contributed by atoms with van der Waals surface area (Å²) in [5.41, 5.74) is -4.96. The van der Waals surface area contributed by atoms with Crippen molar-refractivity contribution in [2.45, 2.75) is 30.0 Å². The Morgan fingerprint density at radius 2 is 1.82 bits per heavy atom. The Bertz CT molecular complexity index is 513. The van der Waals surface area contributed by atoms with E-state index in [-0.39, 0.29) is 5.56 Å². The fourth-order valence-electron chi connectivity index (χ4n) is 2.74. The topological polar surface area (TPSA) is 20.2 Å². The monoisotopic (exact) mass is 250 g/mol. The largest absolute Gasteiger partial charge is 0.378 e. The summed E-state index contributed by atoms with van der Waals surface area (Å²) in [6, 6.07) is 3.06. The summed E-state index contributed by atoms with van der Waals surface area (Å²) in [5.74, 6) is -9.15. The third-order valence-corrected chi connectivity index (χ3v) is 3.57. The van der Waals surface area contributed by atoms with E-state index in [0.29, 0.717) is 0 Å². The van der Waals surface area contributed by atoms with Crippen molar-refractivity contribution in [3.8, 4) is 0 Å². The number of benzene rings is 1. The smallest absolute Gasteiger partial charge is 0.346 e. The first-order valence-electron chi connectivity index (χ1n) is 4.99. The number of hydrogen-bond acceptors (Lipinski definition) is 1. The molecule has 6 heteroatoms.